The summed E-state index contributed by atoms with van der Waals surface area (Å²) >= 11 is 0. The summed E-state index contributed by atoms with van der Waals surface area (Å²) in [6, 6.07) is 17.9. The summed E-state index contributed by atoms with van der Waals surface area (Å²) in [5.41, 5.74) is 2.42. The molecule has 29 heavy (non-hydrogen) atoms. The molecule has 1 aliphatic rings. The number of amides is 1. The first kappa shape index (κ1) is 20.9. The van der Waals surface area contributed by atoms with Crippen molar-refractivity contribution in [2.45, 2.75) is 19.9 Å². The maximum absolute atomic E-state index is 12.3. The van der Waals surface area contributed by atoms with Gasteiger partial charge in [0.15, 0.2) is 6.61 Å². The van der Waals surface area contributed by atoms with Crippen LogP contribution in [0.2, 0.25) is 0 Å². The molecule has 1 heterocycles. The van der Waals surface area contributed by atoms with Crippen LogP contribution >= 0.6 is 0 Å². The van der Waals surface area contributed by atoms with E-state index >= 15 is 0 Å². The van der Waals surface area contributed by atoms with E-state index in [9.17, 15) is 9.59 Å². The van der Waals surface area contributed by atoms with Crippen LogP contribution in [0.4, 0.5) is 0 Å². The number of hydrogen-bond acceptors (Lipinski definition) is 5. The molecular weight excluding hydrogens is 368 g/mol. The second-order valence-electron chi connectivity index (χ2n) is 7.21. The number of rotatable bonds is 8. The summed E-state index contributed by atoms with van der Waals surface area (Å²) in [6.45, 7) is 5.86. The van der Waals surface area contributed by atoms with Gasteiger partial charge in [0.25, 0.3) is 5.91 Å². The van der Waals surface area contributed by atoms with Gasteiger partial charge < -0.3 is 14.4 Å². The first-order chi connectivity index (χ1) is 14.1. The average molecular weight is 396 g/mol. The Kier molecular flexibility index (Phi) is 7.64. The van der Waals surface area contributed by atoms with Gasteiger partial charge in [-0.15, -0.1) is 0 Å². The van der Waals surface area contributed by atoms with Crippen molar-refractivity contribution in [1.29, 1.82) is 0 Å². The molecule has 6 heteroatoms. The topological polar surface area (TPSA) is 59.1 Å². The Morgan fingerprint density at radius 2 is 1.62 bits per heavy atom. The summed E-state index contributed by atoms with van der Waals surface area (Å²) < 4.78 is 10.6. The van der Waals surface area contributed by atoms with Gasteiger partial charge >= 0.3 is 5.97 Å². The molecule has 3 rings (SSSR count). The lowest BCUT2D eigenvalue weighted by molar-refractivity contribution is -0.153. The van der Waals surface area contributed by atoms with E-state index in [0.717, 1.165) is 25.2 Å². The van der Waals surface area contributed by atoms with Crippen LogP contribution in [0.15, 0.2) is 54.6 Å². The molecule has 0 N–H and O–H groups in total. The summed E-state index contributed by atoms with van der Waals surface area (Å²) in [5.74, 6) is 0.151. The van der Waals surface area contributed by atoms with Gasteiger partial charge in [0.2, 0.25) is 0 Å². The van der Waals surface area contributed by atoms with Crippen LogP contribution in [0.3, 0.4) is 0 Å². The Labute approximate surface area is 172 Å². The van der Waals surface area contributed by atoms with E-state index in [0.29, 0.717) is 18.8 Å². The molecule has 154 valence electrons. The van der Waals surface area contributed by atoms with Crippen molar-refractivity contribution >= 4 is 11.9 Å². The third-order valence-electron chi connectivity index (χ3n) is 4.93. The smallest absolute Gasteiger partial charge is 0.309 e. The summed E-state index contributed by atoms with van der Waals surface area (Å²) in [7, 11) is 0. The van der Waals surface area contributed by atoms with Crippen molar-refractivity contribution < 1.29 is 19.1 Å². The molecule has 0 aromatic heterocycles. The first-order valence-corrected chi connectivity index (χ1v) is 9.99. The van der Waals surface area contributed by atoms with Crippen LogP contribution < -0.4 is 4.74 Å². The van der Waals surface area contributed by atoms with Crippen molar-refractivity contribution in [2.75, 3.05) is 39.4 Å². The number of benzene rings is 2. The zero-order valence-corrected chi connectivity index (χ0v) is 16.9. The molecule has 0 saturated carbocycles. The van der Waals surface area contributed by atoms with Crippen LogP contribution in [0.1, 0.15) is 17.5 Å². The second kappa shape index (κ2) is 10.6. The zero-order chi connectivity index (χ0) is 20.5. The van der Waals surface area contributed by atoms with E-state index in [2.05, 4.69) is 17.0 Å². The van der Waals surface area contributed by atoms with Crippen molar-refractivity contribution in [3.8, 4) is 5.75 Å². The minimum Gasteiger partial charge on any atom is -0.493 e. The van der Waals surface area contributed by atoms with Crippen molar-refractivity contribution in [2.24, 2.45) is 0 Å². The van der Waals surface area contributed by atoms with Crippen LogP contribution in [-0.4, -0.2) is 61.1 Å². The van der Waals surface area contributed by atoms with Crippen molar-refractivity contribution in [3.63, 3.8) is 0 Å². The van der Waals surface area contributed by atoms with Gasteiger partial charge in [-0.05, 0) is 24.6 Å². The van der Waals surface area contributed by atoms with Gasteiger partial charge in [0.05, 0.1) is 13.0 Å². The Hall–Kier alpha value is -2.86. The van der Waals surface area contributed by atoms with E-state index in [1.165, 1.54) is 5.56 Å². The average Bonchev–Trinajstić information content (AvgIpc) is 2.75. The maximum Gasteiger partial charge on any atom is 0.309 e. The lowest BCUT2D eigenvalue weighted by atomic mass is 10.2. The van der Waals surface area contributed by atoms with E-state index in [4.69, 9.17) is 9.47 Å². The molecule has 1 fully saturated rings. The van der Waals surface area contributed by atoms with Gasteiger partial charge in [-0.1, -0.05) is 48.0 Å². The fraction of sp³-hybridized carbons (Fsp3) is 0.391. The number of ether oxygens (including phenoxy) is 2. The van der Waals surface area contributed by atoms with Crippen molar-refractivity contribution in [1.82, 2.24) is 9.80 Å². The predicted molar refractivity (Wildman–Crippen MR) is 111 cm³/mol. The Morgan fingerprint density at radius 3 is 2.31 bits per heavy atom. The lowest BCUT2D eigenvalue weighted by Gasteiger charge is -2.34. The van der Waals surface area contributed by atoms with E-state index in [1.807, 2.05) is 49.4 Å². The molecule has 0 atom stereocenters. The molecule has 0 aliphatic carbocycles. The second-order valence-corrected chi connectivity index (χ2v) is 7.21. The Balaban J connectivity index is 1.30. The van der Waals surface area contributed by atoms with Crippen LogP contribution in [0.25, 0.3) is 0 Å². The maximum atomic E-state index is 12.3. The zero-order valence-electron chi connectivity index (χ0n) is 16.9. The van der Waals surface area contributed by atoms with Gasteiger partial charge in [-0.2, -0.15) is 0 Å². The number of nitrogens with zero attached hydrogens (tertiary/aromatic N) is 2. The number of hydrogen-bond donors (Lipinski definition) is 0. The van der Waals surface area contributed by atoms with Gasteiger partial charge in [0.1, 0.15) is 5.75 Å². The van der Waals surface area contributed by atoms with E-state index in [-0.39, 0.29) is 25.5 Å². The van der Waals surface area contributed by atoms with Crippen LogP contribution in [0.5, 0.6) is 5.75 Å². The molecule has 2 aromatic carbocycles. The number of carbonyl (C=O) groups excluding carboxylic acids is 2. The highest BCUT2D eigenvalue weighted by atomic mass is 16.5. The third-order valence-corrected chi connectivity index (χ3v) is 4.93. The molecule has 1 aliphatic heterocycles. The molecule has 1 saturated heterocycles. The molecular formula is C23H28N2O4. The minimum atomic E-state index is -0.423. The van der Waals surface area contributed by atoms with Crippen LogP contribution in [0, 0.1) is 6.92 Å². The molecule has 0 spiro atoms. The molecule has 1 amide bonds. The SMILES string of the molecule is Cc1ccc(OCCC(=O)OCC(=O)N2CCN(Cc3ccccc3)CC2)cc1. The minimum absolute atomic E-state index is 0.117. The highest BCUT2D eigenvalue weighted by Gasteiger charge is 2.22. The lowest BCUT2D eigenvalue weighted by Crippen LogP contribution is -2.49. The molecule has 6 nitrogen and oxygen atoms in total. The van der Waals surface area contributed by atoms with Crippen LogP contribution in [-0.2, 0) is 20.9 Å². The summed E-state index contributed by atoms with van der Waals surface area (Å²) in [4.78, 5) is 28.2. The number of carbonyl (C=O) groups is 2. The number of aryl methyl sites for hydroxylation is 1. The molecule has 0 radical (unpaired) electrons. The highest BCUT2D eigenvalue weighted by molar-refractivity contribution is 5.80. The predicted octanol–water partition coefficient (Wildman–Crippen LogP) is 2.65. The van der Waals surface area contributed by atoms with E-state index < -0.39 is 5.97 Å². The standard InChI is InChI=1S/C23H28N2O4/c1-19-7-9-21(10-8-19)28-16-11-23(27)29-18-22(26)25-14-12-24(13-15-25)17-20-5-3-2-4-6-20/h2-10H,11-18H2,1H3. The molecule has 2 aromatic rings. The molecule has 0 unspecified atom stereocenters. The largest absolute Gasteiger partial charge is 0.493 e. The summed E-state index contributed by atoms with van der Waals surface area (Å²) in [6.07, 6.45) is 0.117. The Bertz CT molecular complexity index is 784. The number of piperazine rings is 1. The third kappa shape index (κ3) is 6.91. The van der Waals surface area contributed by atoms with Crippen molar-refractivity contribution in [3.05, 3.63) is 65.7 Å². The van der Waals surface area contributed by atoms with Gasteiger partial charge in [0, 0.05) is 32.7 Å². The quantitative estimate of drug-likeness (QED) is 0.642. The molecule has 0 bridgehead atoms. The van der Waals surface area contributed by atoms with Gasteiger partial charge in [-0.3, -0.25) is 14.5 Å². The number of esters is 1. The first-order valence-electron chi connectivity index (χ1n) is 9.99. The highest BCUT2D eigenvalue weighted by Crippen LogP contribution is 2.12. The Morgan fingerprint density at radius 1 is 0.931 bits per heavy atom. The van der Waals surface area contributed by atoms with E-state index in [1.54, 1.807) is 4.90 Å². The monoisotopic (exact) mass is 396 g/mol. The van der Waals surface area contributed by atoms with Gasteiger partial charge in [-0.25, -0.2) is 0 Å². The normalized spacial score (nSPS) is 14.4. The summed E-state index contributed by atoms with van der Waals surface area (Å²) in [5, 5.41) is 0. The fourth-order valence-electron chi connectivity index (χ4n) is 3.19. The fourth-order valence-corrected chi connectivity index (χ4v) is 3.19.